The second kappa shape index (κ2) is 15.5. The fraction of sp³-hybridized carbons (Fsp3) is 0.741. The summed E-state index contributed by atoms with van der Waals surface area (Å²) in [5, 5.41) is 0. The summed E-state index contributed by atoms with van der Waals surface area (Å²) in [5.74, 6) is 2.90. The maximum Gasteiger partial charge on any atom is 0.209 e. The minimum atomic E-state index is -1.29. The largest absolute Gasteiger partial charge is 0.339 e. The highest BCUT2D eigenvalue weighted by Crippen LogP contribution is 2.19. The standard InChI is InChI=1S/C23H40N4OS.C4H10/c1-7-9-22(19(3)4)11-10-21(6)29(28)27-13-12-24-23(27)26-16-14-25(15-17-26)18-20(5)8-2;1-4(2)3/h9-11,19-20H,6-8,12-18H2,1-5H3;4H,1-3H3/b11-10-,22-9+;. The molecule has 190 valence electrons. The first kappa shape index (κ1) is 29.6. The van der Waals surface area contributed by atoms with Crippen LogP contribution in [0.2, 0.25) is 0 Å². The van der Waals surface area contributed by atoms with Crippen molar-refractivity contribution in [3.05, 3.63) is 35.3 Å². The summed E-state index contributed by atoms with van der Waals surface area (Å²) < 4.78 is 15.1. The normalized spacial score (nSPS) is 19.7. The first-order valence-electron chi connectivity index (χ1n) is 12.9. The molecule has 2 aliphatic rings. The van der Waals surface area contributed by atoms with Gasteiger partial charge in [-0.05, 0) is 35.8 Å². The summed E-state index contributed by atoms with van der Waals surface area (Å²) in [6.45, 7) is 28.2. The predicted molar refractivity (Wildman–Crippen MR) is 147 cm³/mol. The van der Waals surface area contributed by atoms with Crippen LogP contribution in [0.1, 0.15) is 68.2 Å². The molecule has 2 unspecified atom stereocenters. The van der Waals surface area contributed by atoms with Crippen LogP contribution in [0.3, 0.4) is 0 Å². The van der Waals surface area contributed by atoms with E-state index in [1.807, 2.05) is 10.4 Å². The van der Waals surface area contributed by atoms with Gasteiger partial charge in [-0.1, -0.05) is 80.5 Å². The molecule has 0 bridgehead atoms. The van der Waals surface area contributed by atoms with Gasteiger partial charge in [-0.2, -0.15) is 0 Å². The van der Waals surface area contributed by atoms with Crippen molar-refractivity contribution >= 4 is 16.9 Å². The van der Waals surface area contributed by atoms with Crippen molar-refractivity contribution in [2.75, 3.05) is 45.8 Å². The smallest absolute Gasteiger partial charge is 0.209 e. The number of hydrogen-bond acceptors (Lipinski definition) is 4. The zero-order valence-corrected chi connectivity index (χ0v) is 23.5. The number of nitrogens with zero attached hydrogens (tertiary/aromatic N) is 4. The Balaban J connectivity index is 0.00000125. The molecular formula is C27H50N4OS. The molecule has 2 aliphatic heterocycles. The Morgan fingerprint density at radius 3 is 2.15 bits per heavy atom. The first-order chi connectivity index (χ1) is 15.6. The molecule has 0 aromatic heterocycles. The van der Waals surface area contributed by atoms with Crippen LogP contribution >= 0.6 is 0 Å². The van der Waals surface area contributed by atoms with Gasteiger partial charge in [-0.3, -0.25) is 14.2 Å². The van der Waals surface area contributed by atoms with E-state index in [-0.39, 0.29) is 0 Å². The quantitative estimate of drug-likeness (QED) is 0.398. The predicted octanol–water partition coefficient (Wildman–Crippen LogP) is 5.71. The van der Waals surface area contributed by atoms with Crippen LogP contribution < -0.4 is 0 Å². The fourth-order valence-electron chi connectivity index (χ4n) is 3.66. The molecule has 0 amide bonds. The molecule has 1 fully saturated rings. The van der Waals surface area contributed by atoms with Crippen molar-refractivity contribution in [1.82, 2.24) is 14.1 Å². The van der Waals surface area contributed by atoms with Crippen LogP contribution in [0.15, 0.2) is 40.3 Å². The van der Waals surface area contributed by atoms with Crippen LogP contribution in [-0.2, 0) is 11.0 Å². The molecule has 1 saturated heterocycles. The highest BCUT2D eigenvalue weighted by Gasteiger charge is 2.30. The molecule has 0 aliphatic carbocycles. The van der Waals surface area contributed by atoms with Gasteiger partial charge in [0.15, 0.2) is 11.0 Å². The summed E-state index contributed by atoms with van der Waals surface area (Å²) >= 11 is 0. The Morgan fingerprint density at radius 2 is 1.64 bits per heavy atom. The van der Waals surface area contributed by atoms with Crippen molar-refractivity contribution in [3.63, 3.8) is 0 Å². The number of aliphatic imine (C=N–C) groups is 1. The maximum atomic E-state index is 13.1. The van der Waals surface area contributed by atoms with E-state index in [9.17, 15) is 4.21 Å². The molecule has 6 heteroatoms. The monoisotopic (exact) mass is 478 g/mol. The Bertz CT molecular complexity index is 700. The van der Waals surface area contributed by atoms with E-state index >= 15 is 0 Å². The number of hydrogen-bond donors (Lipinski definition) is 0. The van der Waals surface area contributed by atoms with E-state index in [1.54, 1.807) is 0 Å². The van der Waals surface area contributed by atoms with Crippen molar-refractivity contribution in [3.8, 4) is 0 Å². The molecule has 33 heavy (non-hydrogen) atoms. The van der Waals surface area contributed by atoms with Gasteiger partial charge in [0.25, 0.3) is 0 Å². The molecule has 0 aromatic carbocycles. The van der Waals surface area contributed by atoms with Crippen molar-refractivity contribution in [2.45, 2.75) is 68.2 Å². The third kappa shape index (κ3) is 10.6. The average Bonchev–Trinajstić information content (AvgIpc) is 3.25. The van der Waals surface area contributed by atoms with Crippen LogP contribution in [0.25, 0.3) is 0 Å². The van der Waals surface area contributed by atoms with Crippen molar-refractivity contribution < 1.29 is 4.21 Å². The molecule has 2 rings (SSSR count). The lowest BCUT2D eigenvalue weighted by Crippen LogP contribution is -2.53. The maximum absolute atomic E-state index is 13.1. The minimum Gasteiger partial charge on any atom is -0.339 e. The number of guanidine groups is 1. The van der Waals surface area contributed by atoms with E-state index in [0.717, 1.165) is 56.9 Å². The molecule has 0 aromatic rings. The van der Waals surface area contributed by atoms with Gasteiger partial charge in [0.1, 0.15) is 0 Å². The molecule has 0 radical (unpaired) electrons. The van der Waals surface area contributed by atoms with E-state index in [4.69, 9.17) is 0 Å². The van der Waals surface area contributed by atoms with Crippen LogP contribution in [0, 0.1) is 17.8 Å². The third-order valence-corrected chi connectivity index (χ3v) is 7.02. The number of rotatable bonds is 9. The SMILES string of the molecule is C=C(/C=C\C(=C/CC)C(C)C)S(=O)N1CCN=C1N1CCN(CC(C)CC)CC1.CC(C)C. The Hall–Kier alpha value is -1.40. The zero-order valence-electron chi connectivity index (χ0n) is 22.6. The van der Waals surface area contributed by atoms with Crippen molar-refractivity contribution in [1.29, 1.82) is 0 Å². The van der Waals surface area contributed by atoms with Crippen LogP contribution in [-0.4, -0.2) is 70.1 Å². The van der Waals surface area contributed by atoms with E-state index in [0.29, 0.717) is 23.9 Å². The highest BCUT2D eigenvalue weighted by molar-refractivity contribution is 7.87. The highest BCUT2D eigenvalue weighted by atomic mass is 32.2. The minimum absolute atomic E-state index is 0.447. The van der Waals surface area contributed by atoms with Gasteiger partial charge >= 0.3 is 0 Å². The molecule has 0 N–H and O–H groups in total. The molecule has 2 atom stereocenters. The van der Waals surface area contributed by atoms with Gasteiger partial charge in [-0.25, -0.2) is 4.21 Å². The number of piperazine rings is 1. The summed E-state index contributed by atoms with van der Waals surface area (Å²) in [4.78, 5) is 10.2. The van der Waals surface area contributed by atoms with E-state index in [1.165, 1.54) is 12.0 Å². The molecule has 0 saturated carbocycles. The summed E-state index contributed by atoms with van der Waals surface area (Å²) in [6, 6.07) is 0. The molecule has 2 heterocycles. The van der Waals surface area contributed by atoms with Gasteiger partial charge < -0.3 is 4.90 Å². The lowest BCUT2D eigenvalue weighted by Gasteiger charge is -2.38. The second-order valence-electron chi connectivity index (χ2n) is 10.1. The molecule has 5 nitrogen and oxygen atoms in total. The summed E-state index contributed by atoms with van der Waals surface area (Å²) in [5.41, 5.74) is 1.26. The van der Waals surface area contributed by atoms with Gasteiger partial charge in [0.2, 0.25) is 5.96 Å². The van der Waals surface area contributed by atoms with Gasteiger partial charge in [-0.15, -0.1) is 0 Å². The zero-order chi connectivity index (χ0) is 25.0. The second-order valence-corrected chi connectivity index (χ2v) is 11.6. The molecule has 0 spiro atoms. The van der Waals surface area contributed by atoms with Gasteiger partial charge in [0, 0.05) is 32.7 Å². The Labute approximate surface area is 207 Å². The topological polar surface area (TPSA) is 39.2 Å². The Morgan fingerprint density at radius 1 is 1.03 bits per heavy atom. The van der Waals surface area contributed by atoms with E-state index < -0.39 is 11.0 Å². The lowest BCUT2D eigenvalue weighted by atomic mass is 10.0. The van der Waals surface area contributed by atoms with Crippen molar-refractivity contribution in [2.24, 2.45) is 22.7 Å². The third-order valence-electron chi connectivity index (χ3n) is 5.69. The van der Waals surface area contributed by atoms with Gasteiger partial charge in [0.05, 0.1) is 18.0 Å². The first-order valence-corrected chi connectivity index (χ1v) is 14.0. The van der Waals surface area contributed by atoms with E-state index in [2.05, 4.69) is 88.9 Å². The Kier molecular flexibility index (Phi) is 13.9. The summed E-state index contributed by atoms with van der Waals surface area (Å²) in [6.07, 6.45) is 8.42. The van der Waals surface area contributed by atoms with Crippen LogP contribution in [0.5, 0.6) is 0 Å². The average molecular weight is 479 g/mol. The fourth-order valence-corrected chi connectivity index (χ4v) is 4.69. The van der Waals surface area contributed by atoms with Crippen LogP contribution in [0.4, 0.5) is 0 Å². The molecular weight excluding hydrogens is 428 g/mol. The lowest BCUT2D eigenvalue weighted by molar-refractivity contribution is 0.157. The summed E-state index contributed by atoms with van der Waals surface area (Å²) in [7, 11) is -1.29. The number of allylic oxidation sites excluding steroid dienone is 4.